The van der Waals surface area contributed by atoms with E-state index in [1.54, 1.807) is 13.0 Å². The highest BCUT2D eigenvalue weighted by Crippen LogP contribution is 2.32. The topological polar surface area (TPSA) is 119 Å². The standard InChI is InChI=1S/C19H22O8/c1-3-12-13(14(18(23)25-2)10-27-19(12)24)9-17(22)26-7-6-11-4-5-15(20)16(21)8-11/h3-5,8,13-14,20-21H,6-7,9-10H2,1-2H3/b12-3-. The molecule has 1 aromatic carbocycles. The van der Waals surface area contributed by atoms with Crippen LogP contribution in [0.1, 0.15) is 18.9 Å². The van der Waals surface area contributed by atoms with Gasteiger partial charge in [0.05, 0.1) is 26.1 Å². The second-order valence-corrected chi connectivity index (χ2v) is 6.08. The minimum Gasteiger partial charge on any atom is -0.504 e. The maximum Gasteiger partial charge on any atom is 0.334 e. The number of carbonyl (C=O) groups excluding carboxylic acids is 3. The molecule has 1 aliphatic rings. The summed E-state index contributed by atoms with van der Waals surface area (Å²) in [5.74, 6) is -3.60. The van der Waals surface area contributed by atoms with Crippen molar-refractivity contribution in [1.29, 1.82) is 0 Å². The first kappa shape index (κ1) is 20.3. The highest BCUT2D eigenvalue weighted by molar-refractivity contribution is 5.93. The molecule has 0 spiro atoms. The van der Waals surface area contributed by atoms with Gasteiger partial charge in [-0.05, 0) is 24.6 Å². The molecule has 0 amide bonds. The zero-order chi connectivity index (χ0) is 20.0. The first-order valence-corrected chi connectivity index (χ1v) is 8.45. The number of phenolic OH excluding ortho intramolecular Hbond substituents is 2. The third-order valence-corrected chi connectivity index (χ3v) is 4.41. The van der Waals surface area contributed by atoms with Gasteiger partial charge in [-0.1, -0.05) is 12.1 Å². The molecular weight excluding hydrogens is 356 g/mol. The molecular formula is C19H22O8. The van der Waals surface area contributed by atoms with Gasteiger partial charge in [-0.25, -0.2) is 4.79 Å². The van der Waals surface area contributed by atoms with Gasteiger partial charge in [-0.3, -0.25) is 9.59 Å². The van der Waals surface area contributed by atoms with Crippen LogP contribution in [0.3, 0.4) is 0 Å². The zero-order valence-corrected chi connectivity index (χ0v) is 15.1. The summed E-state index contributed by atoms with van der Waals surface area (Å²) in [5, 5.41) is 18.7. The largest absolute Gasteiger partial charge is 0.504 e. The Morgan fingerprint density at radius 1 is 1.30 bits per heavy atom. The Morgan fingerprint density at radius 2 is 2.04 bits per heavy atom. The molecule has 1 fully saturated rings. The van der Waals surface area contributed by atoms with Crippen molar-refractivity contribution in [3.8, 4) is 11.5 Å². The second-order valence-electron chi connectivity index (χ2n) is 6.08. The Hall–Kier alpha value is -3.03. The number of rotatable bonds is 6. The molecule has 1 heterocycles. The van der Waals surface area contributed by atoms with E-state index in [0.717, 1.165) is 0 Å². The monoisotopic (exact) mass is 378 g/mol. The van der Waals surface area contributed by atoms with Gasteiger partial charge in [0.1, 0.15) is 6.61 Å². The van der Waals surface area contributed by atoms with Crippen molar-refractivity contribution < 1.29 is 38.8 Å². The van der Waals surface area contributed by atoms with Gasteiger partial charge in [0.25, 0.3) is 0 Å². The lowest BCUT2D eigenvalue weighted by Gasteiger charge is -2.30. The van der Waals surface area contributed by atoms with E-state index in [0.29, 0.717) is 12.0 Å². The summed E-state index contributed by atoms with van der Waals surface area (Å²) in [5.41, 5.74) is 0.929. The molecule has 0 aliphatic carbocycles. The van der Waals surface area contributed by atoms with E-state index in [1.165, 1.54) is 25.3 Å². The average Bonchev–Trinajstić information content (AvgIpc) is 2.64. The van der Waals surface area contributed by atoms with E-state index >= 15 is 0 Å². The Balaban J connectivity index is 1.97. The van der Waals surface area contributed by atoms with Crippen molar-refractivity contribution in [3.05, 3.63) is 35.4 Å². The van der Waals surface area contributed by atoms with Gasteiger partial charge in [0.2, 0.25) is 0 Å². The third-order valence-electron chi connectivity index (χ3n) is 4.41. The maximum atomic E-state index is 12.2. The second kappa shape index (κ2) is 9.07. The lowest BCUT2D eigenvalue weighted by Crippen LogP contribution is -2.39. The fraction of sp³-hybridized carbons (Fsp3) is 0.421. The molecule has 2 atom stereocenters. The van der Waals surface area contributed by atoms with Crippen LogP contribution in [-0.4, -0.2) is 48.4 Å². The summed E-state index contributed by atoms with van der Waals surface area (Å²) >= 11 is 0. The number of hydrogen-bond acceptors (Lipinski definition) is 8. The molecule has 2 N–H and O–H groups in total. The predicted molar refractivity (Wildman–Crippen MR) is 92.8 cm³/mol. The number of methoxy groups -OCH3 is 1. The molecule has 8 nitrogen and oxygen atoms in total. The summed E-state index contributed by atoms with van der Waals surface area (Å²) in [6, 6.07) is 4.33. The summed E-state index contributed by atoms with van der Waals surface area (Å²) < 4.78 is 14.9. The first-order chi connectivity index (χ1) is 12.9. The van der Waals surface area contributed by atoms with Crippen LogP contribution in [0.15, 0.2) is 29.8 Å². The lowest BCUT2D eigenvalue weighted by atomic mass is 9.81. The summed E-state index contributed by atoms with van der Waals surface area (Å²) in [4.78, 5) is 36.0. The smallest absolute Gasteiger partial charge is 0.334 e. The van der Waals surface area contributed by atoms with Crippen molar-refractivity contribution in [2.24, 2.45) is 11.8 Å². The molecule has 1 saturated heterocycles. The highest BCUT2D eigenvalue weighted by atomic mass is 16.5. The summed E-state index contributed by atoms with van der Waals surface area (Å²) in [7, 11) is 1.23. The van der Waals surface area contributed by atoms with Crippen LogP contribution >= 0.6 is 0 Å². The van der Waals surface area contributed by atoms with E-state index < -0.39 is 29.7 Å². The third kappa shape index (κ3) is 4.99. The number of carbonyl (C=O) groups is 3. The fourth-order valence-electron chi connectivity index (χ4n) is 2.95. The van der Waals surface area contributed by atoms with Gasteiger partial charge in [0, 0.05) is 17.9 Å². The molecule has 27 heavy (non-hydrogen) atoms. The van der Waals surface area contributed by atoms with Crippen molar-refractivity contribution in [2.45, 2.75) is 19.8 Å². The van der Waals surface area contributed by atoms with Crippen LogP contribution in [0.25, 0.3) is 0 Å². The number of aromatic hydroxyl groups is 2. The molecule has 0 aromatic heterocycles. The minimum atomic E-state index is -0.763. The van der Waals surface area contributed by atoms with E-state index in [1.807, 2.05) is 0 Å². The molecule has 0 radical (unpaired) electrons. The van der Waals surface area contributed by atoms with E-state index in [2.05, 4.69) is 0 Å². The number of phenols is 2. The van der Waals surface area contributed by atoms with Crippen LogP contribution < -0.4 is 0 Å². The molecule has 8 heteroatoms. The molecule has 0 saturated carbocycles. The minimum absolute atomic E-state index is 0.0499. The van der Waals surface area contributed by atoms with Crippen LogP contribution in [0.2, 0.25) is 0 Å². The Bertz CT molecular complexity index is 752. The predicted octanol–water partition coefficient (Wildman–Crippen LogP) is 1.48. The Kier molecular flexibility index (Phi) is 6.81. The van der Waals surface area contributed by atoms with Crippen molar-refractivity contribution >= 4 is 17.9 Å². The van der Waals surface area contributed by atoms with Crippen LogP contribution in [0.4, 0.5) is 0 Å². The lowest BCUT2D eigenvalue weighted by molar-refractivity contribution is -0.159. The number of cyclic esters (lactones) is 1. The zero-order valence-electron chi connectivity index (χ0n) is 15.1. The van der Waals surface area contributed by atoms with Gasteiger partial charge in [-0.15, -0.1) is 0 Å². The van der Waals surface area contributed by atoms with Gasteiger partial charge < -0.3 is 24.4 Å². The van der Waals surface area contributed by atoms with E-state index in [-0.39, 0.29) is 36.7 Å². The van der Waals surface area contributed by atoms with Crippen molar-refractivity contribution in [3.63, 3.8) is 0 Å². The first-order valence-electron chi connectivity index (χ1n) is 8.45. The number of ether oxygens (including phenoxy) is 3. The van der Waals surface area contributed by atoms with Crippen molar-refractivity contribution in [1.82, 2.24) is 0 Å². The van der Waals surface area contributed by atoms with Crippen LogP contribution in [0.5, 0.6) is 11.5 Å². The number of allylic oxidation sites excluding steroid dienone is 1. The Labute approximate surface area is 156 Å². The average molecular weight is 378 g/mol. The summed E-state index contributed by atoms with van der Waals surface area (Å²) in [6.45, 7) is 1.54. The van der Waals surface area contributed by atoms with Gasteiger partial charge in [0.15, 0.2) is 11.5 Å². The number of benzene rings is 1. The maximum absolute atomic E-state index is 12.2. The molecule has 1 aliphatic heterocycles. The highest BCUT2D eigenvalue weighted by Gasteiger charge is 2.41. The Morgan fingerprint density at radius 3 is 2.67 bits per heavy atom. The molecule has 2 unspecified atom stereocenters. The molecule has 146 valence electrons. The van der Waals surface area contributed by atoms with Gasteiger partial charge in [-0.2, -0.15) is 0 Å². The van der Waals surface area contributed by atoms with Crippen LogP contribution in [0, 0.1) is 11.8 Å². The molecule has 0 bridgehead atoms. The van der Waals surface area contributed by atoms with Crippen LogP contribution in [-0.2, 0) is 35.0 Å². The van der Waals surface area contributed by atoms with Crippen molar-refractivity contribution in [2.75, 3.05) is 20.3 Å². The summed E-state index contributed by atoms with van der Waals surface area (Å²) in [6.07, 6.45) is 1.70. The fourth-order valence-corrected chi connectivity index (χ4v) is 2.95. The quantitative estimate of drug-likeness (QED) is 0.331. The molecule has 1 aromatic rings. The van der Waals surface area contributed by atoms with E-state index in [9.17, 15) is 24.6 Å². The van der Waals surface area contributed by atoms with E-state index in [4.69, 9.17) is 14.2 Å². The number of esters is 3. The van der Waals surface area contributed by atoms with Gasteiger partial charge >= 0.3 is 17.9 Å². The SMILES string of the molecule is C/C=C1\C(=O)OCC(C(=O)OC)C1CC(=O)OCCc1ccc(O)c(O)c1. The number of hydrogen-bond donors (Lipinski definition) is 2. The molecule has 2 rings (SSSR count). The normalized spacial score (nSPS) is 20.8.